The minimum absolute atomic E-state index is 0. The van der Waals surface area contributed by atoms with Crippen molar-refractivity contribution in [3.8, 4) is 0 Å². The molecule has 3 rings (SSSR count). The molecular formula is C14H15Br2N3S. The van der Waals surface area contributed by atoms with Gasteiger partial charge in [-0.1, -0.05) is 42.1 Å². The zero-order valence-electron chi connectivity index (χ0n) is 10.6. The van der Waals surface area contributed by atoms with Crippen LogP contribution in [0.1, 0.15) is 5.56 Å². The molecule has 0 atom stereocenters. The van der Waals surface area contributed by atoms with Gasteiger partial charge in [0.1, 0.15) is 0 Å². The van der Waals surface area contributed by atoms with Crippen LogP contribution < -0.4 is 5.73 Å². The van der Waals surface area contributed by atoms with Crippen molar-refractivity contribution < 1.29 is 0 Å². The van der Waals surface area contributed by atoms with Crippen LogP contribution in [-0.4, -0.2) is 9.97 Å². The molecule has 1 aromatic heterocycles. The third-order valence-corrected chi connectivity index (χ3v) is 3.71. The normalized spacial score (nSPS) is 9.80. The van der Waals surface area contributed by atoms with E-state index in [9.17, 15) is 0 Å². The van der Waals surface area contributed by atoms with E-state index in [1.807, 2.05) is 48.5 Å². The number of aromatic amines is 1. The van der Waals surface area contributed by atoms with Crippen molar-refractivity contribution in [2.45, 2.75) is 10.9 Å². The number of imidazole rings is 1. The Morgan fingerprint density at radius 3 is 2.45 bits per heavy atom. The predicted octanol–water partition coefficient (Wildman–Crippen LogP) is 4.59. The van der Waals surface area contributed by atoms with E-state index in [-0.39, 0.29) is 34.0 Å². The molecule has 0 saturated carbocycles. The van der Waals surface area contributed by atoms with E-state index >= 15 is 0 Å². The molecule has 20 heavy (non-hydrogen) atoms. The molecule has 0 saturated heterocycles. The highest BCUT2D eigenvalue weighted by molar-refractivity contribution is 8.93. The maximum atomic E-state index is 5.92. The topological polar surface area (TPSA) is 54.7 Å². The fourth-order valence-electron chi connectivity index (χ4n) is 1.81. The number of rotatable bonds is 3. The Kier molecular flexibility index (Phi) is 6.58. The molecule has 0 unspecified atom stereocenters. The Hall–Kier alpha value is -0.980. The summed E-state index contributed by atoms with van der Waals surface area (Å²) in [4.78, 5) is 7.82. The van der Waals surface area contributed by atoms with Gasteiger partial charge in [0.2, 0.25) is 0 Å². The first-order valence-electron chi connectivity index (χ1n) is 5.74. The summed E-state index contributed by atoms with van der Waals surface area (Å²) in [7, 11) is 0. The number of H-pyrrole nitrogens is 1. The number of benzene rings is 2. The molecule has 2 aromatic carbocycles. The standard InChI is InChI=1S/C14H13N3S.2BrH/c15-11-6-2-1-5-10(11)9-18-14-16-12-7-3-4-8-13(12)17-14;;/h1-8H,9,15H2,(H,16,17);2*1H. The number of thioether (sulfide) groups is 1. The Balaban J connectivity index is 0.000001000. The summed E-state index contributed by atoms with van der Waals surface area (Å²) < 4.78 is 0. The summed E-state index contributed by atoms with van der Waals surface area (Å²) >= 11 is 1.67. The number of aromatic nitrogens is 2. The van der Waals surface area contributed by atoms with Gasteiger partial charge in [0.15, 0.2) is 5.16 Å². The Morgan fingerprint density at radius 1 is 1.00 bits per heavy atom. The molecule has 1 heterocycles. The molecule has 0 spiro atoms. The SMILES string of the molecule is Br.Br.Nc1ccccc1CSc1nc2ccccc2[nH]1. The van der Waals surface area contributed by atoms with Gasteiger partial charge in [0.05, 0.1) is 11.0 Å². The van der Waals surface area contributed by atoms with Crippen molar-refractivity contribution in [1.82, 2.24) is 9.97 Å². The number of nitrogens with one attached hydrogen (secondary N) is 1. The van der Waals surface area contributed by atoms with Crippen LogP contribution in [0.15, 0.2) is 53.7 Å². The summed E-state index contributed by atoms with van der Waals surface area (Å²) in [5.74, 6) is 0.826. The predicted molar refractivity (Wildman–Crippen MR) is 97.2 cm³/mol. The Bertz CT molecular complexity index is 652. The number of anilines is 1. The summed E-state index contributed by atoms with van der Waals surface area (Å²) in [6, 6.07) is 16.0. The second-order valence-electron chi connectivity index (χ2n) is 4.05. The van der Waals surface area contributed by atoms with E-state index in [0.717, 1.165) is 33.2 Å². The number of hydrogen-bond acceptors (Lipinski definition) is 3. The number of nitrogens with zero attached hydrogens (tertiary/aromatic N) is 1. The molecule has 3 N–H and O–H groups in total. The minimum atomic E-state index is 0. The molecule has 6 heteroatoms. The lowest BCUT2D eigenvalue weighted by molar-refractivity contribution is 1.08. The number of para-hydroxylation sites is 3. The van der Waals surface area contributed by atoms with Crippen molar-refractivity contribution >= 4 is 62.4 Å². The van der Waals surface area contributed by atoms with Crippen LogP contribution in [0, 0.1) is 0 Å². The van der Waals surface area contributed by atoms with E-state index in [2.05, 4.69) is 9.97 Å². The van der Waals surface area contributed by atoms with Gasteiger partial charge in [0, 0.05) is 11.4 Å². The van der Waals surface area contributed by atoms with Gasteiger partial charge < -0.3 is 10.7 Å². The first-order valence-corrected chi connectivity index (χ1v) is 6.72. The van der Waals surface area contributed by atoms with Crippen molar-refractivity contribution in [3.05, 3.63) is 54.1 Å². The van der Waals surface area contributed by atoms with E-state index in [1.54, 1.807) is 11.8 Å². The van der Waals surface area contributed by atoms with Crippen molar-refractivity contribution in [3.63, 3.8) is 0 Å². The second kappa shape index (κ2) is 7.71. The molecule has 0 fully saturated rings. The summed E-state index contributed by atoms with van der Waals surface area (Å²) in [5, 5.41) is 0.930. The highest BCUT2D eigenvalue weighted by atomic mass is 79.9. The molecular weight excluding hydrogens is 402 g/mol. The Morgan fingerprint density at radius 2 is 1.70 bits per heavy atom. The molecule has 106 valence electrons. The maximum absolute atomic E-state index is 5.92. The molecule has 0 amide bonds. The van der Waals surface area contributed by atoms with Gasteiger partial charge in [-0.2, -0.15) is 0 Å². The van der Waals surface area contributed by atoms with Gasteiger partial charge in [-0.05, 0) is 23.8 Å². The van der Waals surface area contributed by atoms with Gasteiger partial charge >= 0.3 is 0 Å². The molecule has 0 radical (unpaired) electrons. The third kappa shape index (κ3) is 3.77. The molecule has 0 aliphatic rings. The van der Waals surface area contributed by atoms with Crippen LogP contribution in [0.5, 0.6) is 0 Å². The van der Waals surface area contributed by atoms with Crippen molar-refractivity contribution in [2.24, 2.45) is 0 Å². The number of fused-ring (bicyclic) bond motifs is 1. The van der Waals surface area contributed by atoms with Crippen LogP contribution in [0.4, 0.5) is 5.69 Å². The maximum Gasteiger partial charge on any atom is 0.166 e. The average Bonchev–Trinajstić information content (AvgIpc) is 2.80. The van der Waals surface area contributed by atoms with E-state index in [4.69, 9.17) is 5.73 Å². The zero-order chi connectivity index (χ0) is 12.4. The van der Waals surface area contributed by atoms with E-state index in [0.29, 0.717) is 0 Å². The van der Waals surface area contributed by atoms with Crippen LogP contribution >= 0.6 is 45.7 Å². The highest BCUT2D eigenvalue weighted by Crippen LogP contribution is 2.25. The van der Waals surface area contributed by atoms with Crippen molar-refractivity contribution in [1.29, 1.82) is 0 Å². The smallest absolute Gasteiger partial charge is 0.166 e. The quantitative estimate of drug-likeness (QED) is 0.484. The second-order valence-corrected chi connectivity index (χ2v) is 5.01. The largest absolute Gasteiger partial charge is 0.398 e. The lowest BCUT2D eigenvalue weighted by atomic mass is 10.2. The number of halogens is 2. The van der Waals surface area contributed by atoms with Crippen LogP contribution in [0.25, 0.3) is 11.0 Å². The first-order chi connectivity index (χ1) is 8.83. The molecule has 3 nitrogen and oxygen atoms in total. The number of nitrogen functional groups attached to an aromatic ring is 1. The lowest BCUT2D eigenvalue weighted by Gasteiger charge is -2.02. The van der Waals surface area contributed by atoms with E-state index < -0.39 is 0 Å². The first kappa shape index (κ1) is 17.1. The average molecular weight is 417 g/mol. The minimum Gasteiger partial charge on any atom is -0.398 e. The van der Waals surface area contributed by atoms with Gasteiger partial charge in [-0.3, -0.25) is 0 Å². The fourth-order valence-corrected chi connectivity index (χ4v) is 2.71. The number of nitrogens with two attached hydrogens (primary N) is 1. The summed E-state index contributed by atoms with van der Waals surface area (Å²) in [5.41, 5.74) is 9.96. The molecule has 0 bridgehead atoms. The van der Waals surface area contributed by atoms with Gasteiger partial charge in [-0.15, -0.1) is 34.0 Å². The lowest BCUT2D eigenvalue weighted by Crippen LogP contribution is -1.91. The summed E-state index contributed by atoms with van der Waals surface area (Å²) in [6.45, 7) is 0. The third-order valence-electron chi connectivity index (χ3n) is 2.79. The van der Waals surface area contributed by atoms with Crippen LogP contribution in [-0.2, 0) is 5.75 Å². The summed E-state index contributed by atoms with van der Waals surface area (Å²) in [6.07, 6.45) is 0. The van der Waals surface area contributed by atoms with Crippen LogP contribution in [0.2, 0.25) is 0 Å². The molecule has 0 aliphatic heterocycles. The fraction of sp³-hybridized carbons (Fsp3) is 0.0714. The Labute approximate surface area is 142 Å². The highest BCUT2D eigenvalue weighted by Gasteiger charge is 2.04. The van der Waals surface area contributed by atoms with Gasteiger partial charge in [0.25, 0.3) is 0 Å². The van der Waals surface area contributed by atoms with Crippen molar-refractivity contribution in [2.75, 3.05) is 5.73 Å². The van der Waals surface area contributed by atoms with E-state index in [1.165, 1.54) is 0 Å². The molecule has 3 aromatic rings. The zero-order valence-corrected chi connectivity index (χ0v) is 14.8. The van der Waals surface area contributed by atoms with Crippen LogP contribution in [0.3, 0.4) is 0 Å². The molecule has 0 aliphatic carbocycles. The van der Waals surface area contributed by atoms with Gasteiger partial charge in [-0.25, -0.2) is 4.98 Å². The monoisotopic (exact) mass is 415 g/mol. The number of hydrogen-bond donors (Lipinski definition) is 2.